The van der Waals surface area contributed by atoms with Gasteiger partial charge in [0.2, 0.25) is 11.8 Å². The molecule has 0 radical (unpaired) electrons. The van der Waals surface area contributed by atoms with E-state index in [2.05, 4.69) is 51.2 Å². The van der Waals surface area contributed by atoms with Crippen LogP contribution in [0.1, 0.15) is 36.7 Å². The van der Waals surface area contributed by atoms with Gasteiger partial charge in [0.1, 0.15) is 23.0 Å². The molecular formula is C27H24Cl2N10O4. The summed E-state index contributed by atoms with van der Waals surface area (Å²) in [7, 11) is 1.25. The lowest BCUT2D eigenvalue weighted by atomic mass is 10.1. The summed E-state index contributed by atoms with van der Waals surface area (Å²) >= 11 is 12.7. The molecule has 14 nitrogen and oxygen atoms in total. The Hall–Kier alpha value is -5.08. The molecule has 3 aromatic heterocycles. The highest BCUT2D eigenvalue weighted by Crippen LogP contribution is 2.35. The summed E-state index contributed by atoms with van der Waals surface area (Å²) < 4.78 is 6.01. The number of aromatic amines is 1. The Balaban J connectivity index is 1.44. The highest BCUT2D eigenvalue weighted by molar-refractivity contribution is 6.32. The van der Waals surface area contributed by atoms with Crippen molar-refractivity contribution in [3.05, 3.63) is 76.6 Å². The second-order valence-electron chi connectivity index (χ2n) is 9.17. The minimum absolute atomic E-state index is 0.200. The van der Waals surface area contributed by atoms with Gasteiger partial charge < -0.3 is 20.4 Å². The fraction of sp³-hybridized carbons (Fsp3) is 0.185. The summed E-state index contributed by atoms with van der Waals surface area (Å²) in [5.41, 5.74) is 2.17. The lowest BCUT2D eigenvalue weighted by Gasteiger charge is -2.14. The van der Waals surface area contributed by atoms with E-state index in [1.165, 1.54) is 30.4 Å². The van der Waals surface area contributed by atoms with Gasteiger partial charge in [0.15, 0.2) is 5.82 Å². The number of ether oxygens (including phenoxy) is 1. The van der Waals surface area contributed by atoms with Gasteiger partial charge >= 0.3 is 6.09 Å². The molecule has 1 aromatic carbocycles. The molecule has 1 aliphatic heterocycles. The molecule has 16 heteroatoms. The Labute approximate surface area is 254 Å². The number of carbonyl (C=O) groups excluding carboxylic acids is 3. The molecule has 1 unspecified atom stereocenters. The van der Waals surface area contributed by atoms with Gasteiger partial charge in [-0.15, -0.1) is 5.10 Å². The molecule has 2 bridgehead atoms. The molecule has 43 heavy (non-hydrogen) atoms. The van der Waals surface area contributed by atoms with Gasteiger partial charge in [-0.1, -0.05) is 35.4 Å². The normalized spacial score (nSPS) is 15.0. The number of imidazole rings is 1. The average molecular weight is 623 g/mol. The van der Waals surface area contributed by atoms with Crippen LogP contribution in [0, 0.1) is 0 Å². The third kappa shape index (κ3) is 7.23. The van der Waals surface area contributed by atoms with E-state index in [1.807, 2.05) is 12.2 Å². The zero-order chi connectivity index (χ0) is 30.3. The highest BCUT2D eigenvalue weighted by atomic mass is 35.5. The number of tetrazole rings is 1. The Kier molecular flexibility index (Phi) is 9.08. The van der Waals surface area contributed by atoms with E-state index in [-0.39, 0.29) is 17.5 Å². The largest absolute Gasteiger partial charge is 0.453 e. The number of amides is 3. The Morgan fingerprint density at radius 3 is 2.86 bits per heavy atom. The number of aromatic nitrogens is 7. The number of hydrogen-bond acceptors (Lipinski definition) is 9. The summed E-state index contributed by atoms with van der Waals surface area (Å²) in [5, 5.41) is 20.0. The van der Waals surface area contributed by atoms with Crippen LogP contribution in [0.3, 0.4) is 0 Å². The molecule has 4 aromatic rings. The van der Waals surface area contributed by atoms with Crippen molar-refractivity contribution in [1.29, 1.82) is 0 Å². The smallest absolute Gasteiger partial charge is 0.411 e. The number of anilines is 2. The highest BCUT2D eigenvalue weighted by Gasteiger charge is 2.22. The number of rotatable bonds is 5. The molecule has 4 heterocycles. The Morgan fingerprint density at radius 1 is 1.21 bits per heavy atom. The van der Waals surface area contributed by atoms with Gasteiger partial charge in [-0.2, -0.15) is 4.68 Å². The van der Waals surface area contributed by atoms with E-state index in [0.717, 1.165) is 0 Å². The summed E-state index contributed by atoms with van der Waals surface area (Å²) in [6.07, 6.45) is 9.81. The van der Waals surface area contributed by atoms with E-state index in [1.54, 1.807) is 30.3 Å². The molecule has 3 amide bonds. The number of hydrogen-bond donors (Lipinski definition) is 4. The van der Waals surface area contributed by atoms with E-state index in [9.17, 15) is 14.4 Å². The first kappa shape index (κ1) is 29.4. The van der Waals surface area contributed by atoms with Crippen LogP contribution in [0.5, 0.6) is 0 Å². The van der Waals surface area contributed by atoms with Crippen molar-refractivity contribution in [2.24, 2.45) is 0 Å². The SMILES string of the molecule is COC(=O)Nc1ccc2c(c1)NC(=O)CCC=CCC(NC(=O)C=Cc1cc(Cl)cnc1-n1cnnn1)c1nc-2c(Cl)[nH]1. The number of nitrogens with one attached hydrogen (secondary N) is 4. The maximum atomic E-state index is 13.1. The number of halogens is 2. The van der Waals surface area contributed by atoms with E-state index in [4.69, 9.17) is 23.2 Å². The van der Waals surface area contributed by atoms with Crippen molar-refractivity contribution in [2.75, 3.05) is 17.7 Å². The second kappa shape index (κ2) is 13.3. The van der Waals surface area contributed by atoms with E-state index >= 15 is 0 Å². The average Bonchev–Trinajstić information content (AvgIpc) is 3.65. The molecule has 0 aliphatic carbocycles. The Morgan fingerprint density at radius 2 is 2.07 bits per heavy atom. The molecule has 0 saturated heterocycles. The molecule has 0 fully saturated rings. The van der Waals surface area contributed by atoms with Crippen molar-refractivity contribution in [2.45, 2.75) is 25.3 Å². The van der Waals surface area contributed by atoms with Gasteiger partial charge in [0, 0.05) is 35.5 Å². The maximum absolute atomic E-state index is 13.1. The van der Waals surface area contributed by atoms with Crippen molar-refractivity contribution >= 4 is 58.6 Å². The van der Waals surface area contributed by atoms with Gasteiger partial charge in [-0.3, -0.25) is 14.9 Å². The number of nitrogens with zero attached hydrogens (tertiary/aromatic N) is 6. The fourth-order valence-corrected chi connectivity index (χ4v) is 4.64. The monoisotopic (exact) mass is 622 g/mol. The molecule has 0 saturated carbocycles. The second-order valence-corrected chi connectivity index (χ2v) is 9.99. The maximum Gasteiger partial charge on any atom is 0.411 e. The summed E-state index contributed by atoms with van der Waals surface area (Å²) in [6, 6.07) is 5.92. The molecule has 220 valence electrons. The van der Waals surface area contributed by atoms with Crippen LogP contribution in [-0.2, 0) is 14.3 Å². The number of allylic oxidation sites excluding steroid dienone is 1. The lowest BCUT2D eigenvalue weighted by Crippen LogP contribution is -2.27. The molecular weight excluding hydrogens is 599 g/mol. The zero-order valence-corrected chi connectivity index (χ0v) is 24.1. The van der Waals surface area contributed by atoms with Crippen molar-refractivity contribution < 1.29 is 19.1 Å². The summed E-state index contributed by atoms with van der Waals surface area (Å²) in [6.45, 7) is 0. The van der Waals surface area contributed by atoms with Crippen molar-refractivity contribution in [3.63, 3.8) is 0 Å². The molecule has 1 aliphatic rings. The standard InChI is InChI=1S/C27H24Cl2N10O4/c1-43-27(42)32-17-8-9-18-20(12-17)34-21(40)6-4-2-3-5-19(25-35-23(18)24(29)36-25)33-22(41)10-7-15-11-16(28)13-30-26(15)39-14-31-37-38-39/h2-3,7-14,19H,4-6H2,1H3,(H,32,42)(H,33,41)(H,34,40)(H,35,36). The predicted molar refractivity (Wildman–Crippen MR) is 159 cm³/mol. The Bertz CT molecular complexity index is 1720. The molecule has 5 rings (SSSR count). The minimum Gasteiger partial charge on any atom is -0.453 e. The summed E-state index contributed by atoms with van der Waals surface area (Å²) in [4.78, 5) is 49.5. The van der Waals surface area contributed by atoms with Crippen LogP contribution in [0.15, 0.2) is 55.0 Å². The van der Waals surface area contributed by atoms with Gasteiger partial charge in [0.05, 0.1) is 23.9 Å². The third-order valence-electron chi connectivity index (χ3n) is 6.22. The number of methoxy groups -OCH3 is 1. The van der Waals surface area contributed by atoms with Gasteiger partial charge in [-0.25, -0.2) is 14.8 Å². The number of benzene rings is 1. The number of carbonyl (C=O) groups is 3. The van der Waals surface area contributed by atoms with Crippen molar-refractivity contribution in [3.8, 4) is 17.1 Å². The third-order valence-corrected chi connectivity index (χ3v) is 6.70. The van der Waals surface area contributed by atoms with E-state index in [0.29, 0.717) is 57.7 Å². The molecule has 0 spiro atoms. The van der Waals surface area contributed by atoms with Crippen LogP contribution in [0.2, 0.25) is 10.2 Å². The van der Waals surface area contributed by atoms with E-state index < -0.39 is 18.0 Å². The number of pyridine rings is 1. The topological polar surface area (TPSA) is 182 Å². The minimum atomic E-state index is -0.660. The fourth-order valence-electron chi connectivity index (χ4n) is 4.24. The zero-order valence-electron chi connectivity index (χ0n) is 22.5. The lowest BCUT2D eigenvalue weighted by molar-refractivity contribution is -0.117. The van der Waals surface area contributed by atoms with Crippen LogP contribution in [0.4, 0.5) is 16.2 Å². The van der Waals surface area contributed by atoms with Gasteiger partial charge in [-0.05, 0) is 53.6 Å². The van der Waals surface area contributed by atoms with Crippen LogP contribution < -0.4 is 16.0 Å². The van der Waals surface area contributed by atoms with Gasteiger partial charge in [0.25, 0.3) is 0 Å². The van der Waals surface area contributed by atoms with Crippen LogP contribution >= 0.6 is 23.2 Å². The number of fused-ring (bicyclic) bond motifs is 4. The number of H-pyrrole nitrogens is 1. The first-order valence-electron chi connectivity index (χ1n) is 12.9. The van der Waals surface area contributed by atoms with Crippen LogP contribution in [-0.4, -0.2) is 60.2 Å². The summed E-state index contributed by atoms with van der Waals surface area (Å²) in [5.74, 6) is 0.130. The van der Waals surface area contributed by atoms with Crippen LogP contribution in [0.25, 0.3) is 23.2 Å². The molecule has 1 atom stereocenters. The first-order valence-corrected chi connectivity index (χ1v) is 13.6. The first-order chi connectivity index (χ1) is 20.8. The predicted octanol–water partition coefficient (Wildman–Crippen LogP) is 4.48. The quantitative estimate of drug-likeness (QED) is 0.184. The molecule has 4 N–H and O–H groups in total. The van der Waals surface area contributed by atoms with Crippen molar-refractivity contribution in [1.82, 2.24) is 40.5 Å².